The lowest BCUT2D eigenvalue weighted by Crippen LogP contribution is -1.99. The molecule has 0 saturated heterocycles. The van der Waals surface area contributed by atoms with Crippen molar-refractivity contribution in [3.05, 3.63) is 36.5 Å². The monoisotopic (exact) mass is 225 g/mol. The molecule has 3 rings (SSSR count). The predicted octanol–water partition coefficient (Wildman–Crippen LogP) is 1.61. The molecule has 5 heteroatoms. The molecule has 0 atom stereocenters. The number of rotatable bonds is 1. The molecule has 0 unspecified atom stereocenters. The Bertz CT molecular complexity index is 686. The first kappa shape index (κ1) is 9.77. The van der Waals surface area contributed by atoms with E-state index in [-0.39, 0.29) is 5.95 Å². The second-order valence-electron chi connectivity index (χ2n) is 3.78. The van der Waals surface area contributed by atoms with Crippen LogP contribution in [0.1, 0.15) is 0 Å². The second kappa shape index (κ2) is 3.55. The topological polar surface area (TPSA) is 69.6 Å². The smallest absolute Gasteiger partial charge is 0.220 e. The van der Waals surface area contributed by atoms with Gasteiger partial charge < -0.3 is 10.3 Å². The number of aromatic nitrogens is 4. The molecule has 0 fully saturated rings. The van der Waals surface area contributed by atoms with Crippen molar-refractivity contribution in [1.82, 2.24) is 19.5 Å². The van der Waals surface area contributed by atoms with Gasteiger partial charge >= 0.3 is 0 Å². The van der Waals surface area contributed by atoms with E-state index < -0.39 is 0 Å². The number of hydrogen-bond donors (Lipinski definition) is 1. The van der Waals surface area contributed by atoms with Crippen molar-refractivity contribution < 1.29 is 0 Å². The first-order valence-corrected chi connectivity index (χ1v) is 5.26. The summed E-state index contributed by atoms with van der Waals surface area (Å²) in [5, 5.41) is 0. The maximum atomic E-state index is 5.58. The summed E-state index contributed by atoms with van der Waals surface area (Å²) in [6.45, 7) is 0. The maximum Gasteiger partial charge on any atom is 0.220 e. The van der Waals surface area contributed by atoms with Crippen LogP contribution in [0.3, 0.4) is 0 Å². The number of aryl methyl sites for hydroxylation is 1. The zero-order valence-electron chi connectivity index (χ0n) is 9.33. The van der Waals surface area contributed by atoms with Crippen LogP contribution in [0.5, 0.6) is 0 Å². The van der Waals surface area contributed by atoms with Crippen molar-refractivity contribution >= 4 is 17.0 Å². The fourth-order valence-electron chi connectivity index (χ4n) is 1.87. The van der Waals surface area contributed by atoms with Gasteiger partial charge in [0.2, 0.25) is 5.95 Å². The van der Waals surface area contributed by atoms with Gasteiger partial charge in [-0.2, -0.15) is 0 Å². The van der Waals surface area contributed by atoms with Gasteiger partial charge in [-0.25, -0.2) is 15.0 Å². The van der Waals surface area contributed by atoms with E-state index in [4.69, 9.17) is 5.73 Å². The van der Waals surface area contributed by atoms with E-state index in [1.807, 2.05) is 35.9 Å². The largest absolute Gasteiger partial charge is 0.368 e. The van der Waals surface area contributed by atoms with Crippen LogP contribution in [-0.2, 0) is 7.05 Å². The fraction of sp³-hybridized carbons (Fsp3) is 0.0833. The van der Waals surface area contributed by atoms with Crippen LogP contribution < -0.4 is 5.73 Å². The number of imidazole rings is 1. The third-order valence-corrected chi connectivity index (χ3v) is 2.69. The van der Waals surface area contributed by atoms with E-state index in [0.717, 1.165) is 22.6 Å². The Balaban J connectivity index is 2.27. The van der Waals surface area contributed by atoms with Crippen molar-refractivity contribution in [3.63, 3.8) is 0 Å². The summed E-state index contributed by atoms with van der Waals surface area (Å²) in [4.78, 5) is 12.6. The summed E-state index contributed by atoms with van der Waals surface area (Å²) in [6.07, 6.45) is 1.64. The molecule has 0 amide bonds. The maximum absolute atomic E-state index is 5.58. The number of nitrogens with two attached hydrogens (primary N) is 1. The Hall–Kier alpha value is -2.43. The average Bonchev–Trinajstić information content (AvgIpc) is 2.68. The number of nitrogen functional groups attached to an aromatic ring is 1. The first-order chi connectivity index (χ1) is 8.25. The molecule has 17 heavy (non-hydrogen) atoms. The summed E-state index contributed by atoms with van der Waals surface area (Å²) < 4.78 is 2.00. The Labute approximate surface area is 98.0 Å². The fourth-order valence-corrected chi connectivity index (χ4v) is 1.87. The Morgan fingerprint density at radius 3 is 2.71 bits per heavy atom. The molecule has 2 N–H and O–H groups in total. The van der Waals surface area contributed by atoms with Crippen LogP contribution in [-0.4, -0.2) is 19.5 Å². The van der Waals surface area contributed by atoms with Crippen LogP contribution >= 0.6 is 0 Å². The highest BCUT2D eigenvalue weighted by molar-refractivity contribution is 5.79. The minimum atomic E-state index is 0.259. The highest BCUT2D eigenvalue weighted by atomic mass is 15.1. The molecule has 0 aliphatic carbocycles. The van der Waals surface area contributed by atoms with Gasteiger partial charge in [-0.15, -0.1) is 0 Å². The zero-order valence-corrected chi connectivity index (χ0v) is 9.33. The standard InChI is InChI=1S/C12H11N5/c1-17-10-5-3-2-4-8(10)15-11(17)9-6-7-14-12(13)16-9/h2-7H,1H3,(H2,13,14,16). The molecule has 0 spiro atoms. The lowest BCUT2D eigenvalue weighted by molar-refractivity contribution is 0.948. The van der Waals surface area contributed by atoms with Gasteiger partial charge in [-0.1, -0.05) is 12.1 Å². The summed E-state index contributed by atoms with van der Waals surface area (Å²) in [5.41, 5.74) is 8.33. The second-order valence-corrected chi connectivity index (χ2v) is 3.78. The van der Waals surface area contributed by atoms with Crippen LogP contribution in [0.2, 0.25) is 0 Å². The molecular formula is C12H11N5. The van der Waals surface area contributed by atoms with Gasteiger partial charge in [0, 0.05) is 13.2 Å². The Morgan fingerprint density at radius 2 is 1.94 bits per heavy atom. The summed E-state index contributed by atoms with van der Waals surface area (Å²) in [6, 6.07) is 9.76. The van der Waals surface area contributed by atoms with Crippen LogP contribution in [0.15, 0.2) is 36.5 Å². The molecule has 0 aliphatic rings. The van der Waals surface area contributed by atoms with Crippen LogP contribution in [0.4, 0.5) is 5.95 Å². The number of hydrogen-bond acceptors (Lipinski definition) is 4. The molecule has 84 valence electrons. The zero-order chi connectivity index (χ0) is 11.8. The van der Waals surface area contributed by atoms with Crippen molar-refractivity contribution in [2.45, 2.75) is 0 Å². The van der Waals surface area contributed by atoms with Gasteiger partial charge in [0.15, 0.2) is 5.82 Å². The predicted molar refractivity (Wildman–Crippen MR) is 66.2 cm³/mol. The molecule has 0 saturated carbocycles. The van der Waals surface area contributed by atoms with Crippen molar-refractivity contribution in [2.75, 3.05) is 5.73 Å². The van der Waals surface area contributed by atoms with Crippen molar-refractivity contribution in [1.29, 1.82) is 0 Å². The van der Waals surface area contributed by atoms with E-state index in [0.29, 0.717) is 0 Å². The third-order valence-electron chi connectivity index (χ3n) is 2.69. The molecule has 2 heterocycles. The molecule has 0 bridgehead atoms. The Kier molecular flexibility index (Phi) is 2.04. The number of nitrogens with zero attached hydrogens (tertiary/aromatic N) is 4. The molecule has 0 aliphatic heterocycles. The highest BCUT2D eigenvalue weighted by Crippen LogP contribution is 2.21. The number of anilines is 1. The van der Waals surface area contributed by atoms with Gasteiger partial charge in [-0.05, 0) is 18.2 Å². The summed E-state index contributed by atoms with van der Waals surface area (Å²) >= 11 is 0. The van der Waals surface area contributed by atoms with E-state index >= 15 is 0 Å². The van der Waals surface area contributed by atoms with Gasteiger partial charge in [0.1, 0.15) is 5.69 Å². The van der Waals surface area contributed by atoms with Gasteiger partial charge in [-0.3, -0.25) is 0 Å². The van der Waals surface area contributed by atoms with E-state index in [1.54, 1.807) is 12.3 Å². The molecule has 2 aromatic heterocycles. The Morgan fingerprint density at radius 1 is 1.12 bits per heavy atom. The normalized spacial score (nSPS) is 10.9. The molecule has 1 aromatic carbocycles. The van der Waals surface area contributed by atoms with E-state index in [1.165, 1.54) is 0 Å². The number of para-hydroxylation sites is 2. The molecular weight excluding hydrogens is 214 g/mol. The van der Waals surface area contributed by atoms with Crippen LogP contribution in [0, 0.1) is 0 Å². The van der Waals surface area contributed by atoms with Gasteiger partial charge in [0.05, 0.1) is 11.0 Å². The SMILES string of the molecule is Cn1c(-c2ccnc(N)n2)nc2ccccc21. The van der Waals surface area contributed by atoms with E-state index in [9.17, 15) is 0 Å². The summed E-state index contributed by atoms with van der Waals surface area (Å²) in [5.74, 6) is 1.05. The molecule has 5 nitrogen and oxygen atoms in total. The van der Waals surface area contributed by atoms with E-state index in [2.05, 4.69) is 15.0 Å². The molecule has 3 aromatic rings. The number of benzene rings is 1. The first-order valence-electron chi connectivity index (χ1n) is 5.26. The van der Waals surface area contributed by atoms with Crippen molar-refractivity contribution in [2.24, 2.45) is 7.05 Å². The lowest BCUT2D eigenvalue weighted by Gasteiger charge is -2.01. The van der Waals surface area contributed by atoms with Crippen molar-refractivity contribution in [3.8, 4) is 11.5 Å². The minimum absolute atomic E-state index is 0.259. The average molecular weight is 225 g/mol. The highest BCUT2D eigenvalue weighted by Gasteiger charge is 2.10. The van der Waals surface area contributed by atoms with Crippen LogP contribution in [0.25, 0.3) is 22.6 Å². The summed E-state index contributed by atoms with van der Waals surface area (Å²) in [7, 11) is 1.96. The third kappa shape index (κ3) is 1.52. The number of fused-ring (bicyclic) bond motifs is 1. The molecule has 0 radical (unpaired) electrons. The van der Waals surface area contributed by atoms with Gasteiger partial charge in [0.25, 0.3) is 0 Å². The quantitative estimate of drug-likeness (QED) is 0.683. The lowest BCUT2D eigenvalue weighted by atomic mass is 10.3. The minimum Gasteiger partial charge on any atom is -0.368 e.